The third-order valence-corrected chi connectivity index (χ3v) is 9.80. The molecule has 0 N–H and O–H groups in total. The van der Waals surface area contributed by atoms with Crippen LogP contribution in [0.25, 0.3) is 5.57 Å². The number of amides is 1. The number of thiocarbonyl (C=S) groups is 1. The van der Waals surface area contributed by atoms with Crippen LogP contribution in [0, 0.1) is 0 Å². The molecule has 11 heteroatoms. The van der Waals surface area contributed by atoms with Crippen molar-refractivity contribution in [2.75, 3.05) is 32.8 Å². The second-order valence-corrected chi connectivity index (χ2v) is 12.0. The Morgan fingerprint density at radius 2 is 1.48 bits per heavy atom. The minimum absolute atomic E-state index is 0.118. The molecule has 0 saturated heterocycles. The minimum Gasteiger partial charge on any atom is -0.497 e. The summed E-state index contributed by atoms with van der Waals surface area (Å²) < 4.78 is 21.8. The summed E-state index contributed by atoms with van der Waals surface area (Å²) in [5.41, 5.74) is 2.09. The maximum atomic E-state index is 13.7. The number of carbonyl (C=O) groups is 3. The lowest BCUT2D eigenvalue weighted by atomic mass is 9.83. The Hall–Kier alpha value is -3.28. The molecule has 0 aromatic heterocycles. The molecule has 0 atom stereocenters. The molecular weight excluding hydrogens is 571 g/mol. The molecule has 2 aliphatic rings. The molecule has 2 aromatic rings. The Bertz CT molecular complexity index is 1410. The lowest BCUT2D eigenvalue weighted by molar-refractivity contribution is -0.138. The number of hydrogen-bond acceptors (Lipinski definition) is 10. The van der Waals surface area contributed by atoms with Gasteiger partial charge in [0.15, 0.2) is 6.61 Å². The number of rotatable bonds is 7. The molecule has 210 valence electrons. The molecule has 0 aliphatic carbocycles. The monoisotopic (exact) mass is 599 g/mol. The number of fused-ring (bicyclic) bond motifs is 1. The lowest BCUT2D eigenvalue weighted by Gasteiger charge is -2.45. The van der Waals surface area contributed by atoms with E-state index in [-0.39, 0.29) is 22.3 Å². The van der Waals surface area contributed by atoms with Crippen LogP contribution in [0.2, 0.25) is 0 Å². The normalized spacial score (nSPS) is 16.1. The van der Waals surface area contributed by atoms with Crippen molar-refractivity contribution in [3.63, 3.8) is 0 Å². The third-order valence-electron chi connectivity index (χ3n) is 6.54. The highest BCUT2D eigenvalue weighted by Gasteiger charge is 2.46. The summed E-state index contributed by atoms with van der Waals surface area (Å²) in [6.45, 7) is 5.59. The first kappa shape index (κ1) is 29.7. The molecule has 40 heavy (non-hydrogen) atoms. The highest BCUT2D eigenvalue weighted by atomic mass is 32.2. The number of benzene rings is 2. The molecule has 0 fully saturated rings. The van der Waals surface area contributed by atoms with Gasteiger partial charge in [0.2, 0.25) is 0 Å². The van der Waals surface area contributed by atoms with Crippen LogP contribution < -0.4 is 14.4 Å². The third kappa shape index (κ3) is 5.50. The average Bonchev–Trinajstić information content (AvgIpc) is 3.40. The fraction of sp³-hybridized carbons (Fsp3) is 0.310. The van der Waals surface area contributed by atoms with E-state index in [2.05, 4.69) is 6.92 Å². The Balaban J connectivity index is 1.77. The van der Waals surface area contributed by atoms with Gasteiger partial charge in [-0.3, -0.25) is 9.69 Å². The van der Waals surface area contributed by atoms with Gasteiger partial charge in [0.25, 0.3) is 5.91 Å². The molecule has 2 heterocycles. The molecular formula is C29H29NO7S3. The number of methoxy groups -OCH3 is 3. The van der Waals surface area contributed by atoms with Gasteiger partial charge < -0.3 is 18.9 Å². The van der Waals surface area contributed by atoms with Gasteiger partial charge in [-0.2, -0.15) is 0 Å². The first-order chi connectivity index (χ1) is 19.1. The van der Waals surface area contributed by atoms with E-state index in [9.17, 15) is 14.4 Å². The zero-order valence-electron chi connectivity index (χ0n) is 23.0. The molecule has 2 aliphatic heterocycles. The summed E-state index contributed by atoms with van der Waals surface area (Å²) in [7, 11) is 4.04. The zero-order chi connectivity index (χ0) is 29.2. The smallest absolute Gasteiger partial charge is 0.346 e. The SMILES string of the molecule is CCc1ccc(OCC(=O)N2c3ccc(OC)cc3C(=C3SC(C(=O)OC)=C(C(=O)OC)S3)C(=S)C2(C)C)cc1. The van der Waals surface area contributed by atoms with Crippen LogP contribution in [0.15, 0.2) is 56.5 Å². The standard InChI is InChI=1S/C29H29NO7S3/c1-7-16-8-10-17(11-9-16)37-15-21(31)30-20-13-12-18(34-4)14-19(20)22(25(38)29(30,2)3)28-39-23(26(32)35-5)24(40-28)27(33)36-6/h8-14H,7,15H2,1-6H3. The van der Waals surface area contributed by atoms with Crippen LogP contribution in [-0.4, -0.2) is 56.2 Å². The summed E-state index contributed by atoms with van der Waals surface area (Å²) in [6, 6.07) is 13.0. The van der Waals surface area contributed by atoms with Gasteiger partial charge in [0.05, 0.1) is 41.7 Å². The van der Waals surface area contributed by atoms with E-state index < -0.39 is 17.5 Å². The summed E-state index contributed by atoms with van der Waals surface area (Å²) in [6.07, 6.45) is 0.908. The Morgan fingerprint density at radius 3 is 2.00 bits per heavy atom. The van der Waals surface area contributed by atoms with Crippen LogP contribution in [0.1, 0.15) is 31.9 Å². The molecule has 0 spiro atoms. The highest BCUT2D eigenvalue weighted by molar-refractivity contribution is 8.29. The number of esters is 2. The summed E-state index contributed by atoms with van der Waals surface area (Å²) >= 11 is 8.20. The maximum absolute atomic E-state index is 13.7. The maximum Gasteiger partial charge on any atom is 0.346 e. The minimum atomic E-state index is -0.952. The van der Waals surface area contributed by atoms with Crippen molar-refractivity contribution < 1.29 is 33.3 Å². The topological polar surface area (TPSA) is 91.4 Å². The van der Waals surface area contributed by atoms with E-state index in [1.165, 1.54) is 19.8 Å². The molecule has 4 rings (SSSR count). The van der Waals surface area contributed by atoms with Crippen LogP contribution in [-0.2, 0) is 30.3 Å². The fourth-order valence-electron chi connectivity index (χ4n) is 4.40. The van der Waals surface area contributed by atoms with E-state index in [0.29, 0.717) is 37.4 Å². The van der Waals surface area contributed by atoms with Crippen molar-refractivity contribution >= 4 is 69.7 Å². The number of thioether (sulfide) groups is 2. The number of ether oxygens (including phenoxy) is 4. The number of nitrogens with zero attached hydrogens (tertiary/aromatic N) is 1. The number of hydrogen-bond donors (Lipinski definition) is 0. The Kier molecular flexibility index (Phi) is 8.96. The molecule has 1 amide bonds. The van der Waals surface area contributed by atoms with Gasteiger partial charge >= 0.3 is 11.9 Å². The van der Waals surface area contributed by atoms with Crippen molar-refractivity contribution in [2.45, 2.75) is 32.7 Å². The quantitative estimate of drug-likeness (QED) is 0.230. The molecule has 0 saturated carbocycles. The molecule has 2 aromatic carbocycles. The summed E-state index contributed by atoms with van der Waals surface area (Å²) in [4.78, 5) is 41.1. The van der Waals surface area contributed by atoms with E-state index in [1.807, 2.05) is 38.1 Å². The largest absolute Gasteiger partial charge is 0.497 e. The van der Waals surface area contributed by atoms with Crippen LogP contribution in [0.4, 0.5) is 5.69 Å². The van der Waals surface area contributed by atoms with Crippen molar-refractivity contribution in [1.82, 2.24) is 0 Å². The fourth-order valence-corrected chi connectivity index (χ4v) is 7.44. The lowest BCUT2D eigenvalue weighted by Crippen LogP contribution is -2.57. The molecule has 0 bridgehead atoms. The van der Waals surface area contributed by atoms with Crippen molar-refractivity contribution in [3.8, 4) is 11.5 Å². The van der Waals surface area contributed by atoms with Crippen molar-refractivity contribution in [2.24, 2.45) is 0 Å². The van der Waals surface area contributed by atoms with E-state index in [4.69, 9.17) is 31.2 Å². The highest BCUT2D eigenvalue weighted by Crippen LogP contribution is 2.56. The predicted octanol–water partition coefficient (Wildman–Crippen LogP) is 5.54. The van der Waals surface area contributed by atoms with Crippen molar-refractivity contribution in [1.29, 1.82) is 0 Å². The van der Waals surface area contributed by atoms with Gasteiger partial charge in [-0.1, -0.05) is 54.8 Å². The van der Waals surface area contributed by atoms with Gasteiger partial charge in [-0.25, -0.2) is 9.59 Å². The zero-order valence-corrected chi connectivity index (χ0v) is 25.4. The first-order valence-corrected chi connectivity index (χ1v) is 14.4. The van der Waals surface area contributed by atoms with E-state index in [0.717, 1.165) is 29.9 Å². The summed E-state index contributed by atoms with van der Waals surface area (Å²) in [5.74, 6) is -0.433. The number of anilines is 1. The van der Waals surface area contributed by atoms with Gasteiger partial charge in [0.1, 0.15) is 21.3 Å². The van der Waals surface area contributed by atoms with Crippen LogP contribution in [0.3, 0.4) is 0 Å². The van der Waals surface area contributed by atoms with Crippen molar-refractivity contribution in [3.05, 3.63) is 67.6 Å². The van der Waals surface area contributed by atoms with E-state index >= 15 is 0 Å². The predicted molar refractivity (Wildman–Crippen MR) is 162 cm³/mol. The molecule has 0 radical (unpaired) electrons. The first-order valence-electron chi connectivity index (χ1n) is 12.4. The van der Waals surface area contributed by atoms with Crippen LogP contribution in [0.5, 0.6) is 11.5 Å². The van der Waals surface area contributed by atoms with Crippen LogP contribution >= 0.6 is 35.7 Å². The summed E-state index contributed by atoms with van der Waals surface area (Å²) in [5, 5.41) is 0. The molecule has 0 unspecified atom stereocenters. The van der Waals surface area contributed by atoms with Gasteiger partial charge in [-0.05, 0) is 56.2 Å². The Morgan fingerprint density at radius 1 is 0.900 bits per heavy atom. The van der Waals surface area contributed by atoms with Gasteiger partial charge in [0, 0.05) is 11.1 Å². The average molecular weight is 600 g/mol. The Labute approximate surface area is 247 Å². The number of aryl methyl sites for hydroxylation is 1. The second-order valence-electron chi connectivity index (χ2n) is 9.29. The second kappa shape index (κ2) is 12.1. The van der Waals surface area contributed by atoms with E-state index in [1.54, 1.807) is 30.2 Å². The molecule has 8 nitrogen and oxygen atoms in total. The van der Waals surface area contributed by atoms with Gasteiger partial charge in [-0.15, -0.1) is 0 Å². The number of carbonyl (C=O) groups excluding carboxylic acids is 3.